The van der Waals surface area contributed by atoms with Gasteiger partial charge in [0.25, 0.3) is 0 Å². The van der Waals surface area contributed by atoms with Crippen LogP contribution in [0.2, 0.25) is 0 Å². The van der Waals surface area contributed by atoms with Crippen LogP contribution in [-0.4, -0.2) is 7.11 Å². The molecule has 1 aromatic rings. The van der Waals surface area contributed by atoms with Gasteiger partial charge in [-0.05, 0) is 24.0 Å². The third kappa shape index (κ3) is 2.31. The van der Waals surface area contributed by atoms with Crippen LogP contribution in [0.3, 0.4) is 0 Å². The van der Waals surface area contributed by atoms with Crippen molar-refractivity contribution in [3.05, 3.63) is 35.4 Å². The number of hydrogen-bond acceptors (Lipinski definition) is 1. The number of methoxy groups -OCH3 is 1. The quantitative estimate of drug-likeness (QED) is 0.688. The third-order valence-electron chi connectivity index (χ3n) is 2.41. The molecule has 1 aromatic carbocycles. The van der Waals surface area contributed by atoms with Crippen LogP contribution in [-0.2, 0) is 4.74 Å². The van der Waals surface area contributed by atoms with E-state index < -0.39 is 0 Å². The molecule has 0 bridgehead atoms. The molecule has 0 saturated heterocycles. The molecular weight excluding hydrogens is 160 g/mol. The fourth-order valence-electron chi connectivity index (χ4n) is 1.53. The number of rotatable bonds is 3. The third-order valence-corrected chi connectivity index (χ3v) is 2.41. The Kier molecular flexibility index (Phi) is 3.49. The summed E-state index contributed by atoms with van der Waals surface area (Å²) in [7, 11) is 1.75. The van der Waals surface area contributed by atoms with Gasteiger partial charge in [0.2, 0.25) is 0 Å². The second-order valence-corrected chi connectivity index (χ2v) is 3.66. The molecule has 0 aliphatic carbocycles. The first-order chi connectivity index (χ1) is 6.16. The summed E-state index contributed by atoms with van der Waals surface area (Å²) >= 11 is 0. The van der Waals surface area contributed by atoms with Crippen LogP contribution < -0.4 is 0 Å². The van der Waals surface area contributed by atoms with Crippen molar-refractivity contribution >= 4 is 0 Å². The normalized spacial score (nSPS) is 13.3. The Bertz CT molecular complexity index is 266. The van der Waals surface area contributed by atoms with Crippen LogP contribution in [0.25, 0.3) is 0 Å². The number of hydrogen-bond donors (Lipinski definition) is 0. The molecule has 0 aromatic heterocycles. The van der Waals surface area contributed by atoms with Crippen molar-refractivity contribution < 1.29 is 4.74 Å². The second-order valence-electron chi connectivity index (χ2n) is 3.66. The Balaban J connectivity index is 3.04. The van der Waals surface area contributed by atoms with Crippen molar-refractivity contribution in [1.82, 2.24) is 0 Å². The molecule has 0 N–H and O–H groups in total. The van der Waals surface area contributed by atoms with Gasteiger partial charge < -0.3 is 4.74 Å². The summed E-state index contributed by atoms with van der Waals surface area (Å²) in [4.78, 5) is 0. The zero-order valence-corrected chi connectivity index (χ0v) is 8.87. The van der Waals surface area contributed by atoms with Crippen LogP contribution in [0.1, 0.15) is 43.9 Å². The van der Waals surface area contributed by atoms with Crippen molar-refractivity contribution in [2.45, 2.75) is 32.8 Å². The average molecular weight is 178 g/mol. The first-order valence-corrected chi connectivity index (χ1v) is 4.78. The summed E-state index contributed by atoms with van der Waals surface area (Å²) in [5, 5.41) is 0. The molecule has 1 rings (SSSR count). The van der Waals surface area contributed by atoms with Gasteiger partial charge in [0.15, 0.2) is 0 Å². The Labute approximate surface area is 80.7 Å². The van der Waals surface area contributed by atoms with Gasteiger partial charge in [0.1, 0.15) is 0 Å². The highest BCUT2D eigenvalue weighted by Gasteiger charge is 2.10. The van der Waals surface area contributed by atoms with Crippen LogP contribution in [0.5, 0.6) is 0 Å². The summed E-state index contributed by atoms with van der Waals surface area (Å²) in [6.45, 7) is 6.50. The van der Waals surface area contributed by atoms with E-state index in [1.165, 1.54) is 11.1 Å². The topological polar surface area (TPSA) is 9.23 Å². The molecule has 1 heteroatoms. The number of ether oxygens (including phenoxy) is 1. The molecule has 0 amide bonds. The van der Waals surface area contributed by atoms with Gasteiger partial charge in [-0.3, -0.25) is 0 Å². The molecule has 0 aliphatic heterocycles. The summed E-state index contributed by atoms with van der Waals surface area (Å²) in [6.07, 6.45) is 0.193. The molecule has 0 heterocycles. The largest absolute Gasteiger partial charge is 0.377 e. The Hall–Kier alpha value is -0.820. The summed E-state index contributed by atoms with van der Waals surface area (Å²) in [6, 6.07) is 8.47. The van der Waals surface area contributed by atoms with Crippen molar-refractivity contribution in [3.8, 4) is 0 Å². The first-order valence-electron chi connectivity index (χ1n) is 4.78. The molecule has 1 nitrogen and oxygen atoms in total. The maximum Gasteiger partial charge on any atom is 0.0795 e. The van der Waals surface area contributed by atoms with Gasteiger partial charge >= 0.3 is 0 Å². The Morgan fingerprint density at radius 2 is 1.54 bits per heavy atom. The molecule has 13 heavy (non-hydrogen) atoms. The Morgan fingerprint density at radius 3 is 2.00 bits per heavy atom. The highest BCUT2D eigenvalue weighted by molar-refractivity contribution is 5.31. The van der Waals surface area contributed by atoms with Crippen molar-refractivity contribution in [2.75, 3.05) is 7.11 Å². The fourth-order valence-corrected chi connectivity index (χ4v) is 1.53. The van der Waals surface area contributed by atoms with E-state index in [0.29, 0.717) is 5.92 Å². The van der Waals surface area contributed by atoms with Gasteiger partial charge in [-0.1, -0.05) is 38.1 Å². The van der Waals surface area contributed by atoms with Crippen molar-refractivity contribution in [1.29, 1.82) is 0 Å². The van der Waals surface area contributed by atoms with E-state index in [9.17, 15) is 0 Å². The summed E-state index contributed by atoms with van der Waals surface area (Å²) in [5.74, 6) is 0.564. The predicted octanol–water partition coefficient (Wildman–Crippen LogP) is 3.52. The van der Waals surface area contributed by atoms with E-state index in [1.54, 1.807) is 7.11 Å². The van der Waals surface area contributed by atoms with Gasteiger partial charge in [0.05, 0.1) is 6.10 Å². The predicted molar refractivity (Wildman–Crippen MR) is 56.0 cm³/mol. The molecular formula is C12H18O. The van der Waals surface area contributed by atoms with Crippen molar-refractivity contribution in [2.24, 2.45) is 0 Å². The number of benzene rings is 1. The maximum atomic E-state index is 5.33. The monoisotopic (exact) mass is 178 g/mol. The zero-order chi connectivity index (χ0) is 9.84. The highest BCUT2D eigenvalue weighted by Crippen LogP contribution is 2.25. The standard InChI is InChI=1S/C12H18O/c1-9(2)11-7-5-6-8-12(11)10(3)13-4/h5-10H,1-4H3. The van der Waals surface area contributed by atoms with Gasteiger partial charge in [0, 0.05) is 7.11 Å². The summed E-state index contributed by atoms with van der Waals surface area (Å²) in [5.41, 5.74) is 2.69. The second kappa shape index (κ2) is 4.43. The minimum absolute atomic E-state index is 0.193. The molecule has 1 atom stereocenters. The van der Waals surface area contributed by atoms with Crippen LogP contribution in [0, 0.1) is 0 Å². The van der Waals surface area contributed by atoms with E-state index >= 15 is 0 Å². The lowest BCUT2D eigenvalue weighted by molar-refractivity contribution is 0.118. The summed E-state index contributed by atoms with van der Waals surface area (Å²) < 4.78 is 5.33. The lowest BCUT2D eigenvalue weighted by Gasteiger charge is -2.17. The van der Waals surface area contributed by atoms with Gasteiger partial charge in [-0.2, -0.15) is 0 Å². The molecule has 0 aliphatic rings. The van der Waals surface area contributed by atoms with Crippen LogP contribution in [0.15, 0.2) is 24.3 Å². The van der Waals surface area contributed by atoms with E-state index in [1.807, 2.05) is 0 Å². The van der Waals surface area contributed by atoms with E-state index in [4.69, 9.17) is 4.74 Å². The van der Waals surface area contributed by atoms with Gasteiger partial charge in [-0.15, -0.1) is 0 Å². The molecule has 0 spiro atoms. The smallest absolute Gasteiger partial charge is 0.0795 e. The minimum Gasteiger partial charge on any atom is -0.377 e. The van der Waals surface area contributed by atoms with Gasteiger partial charge in [-0.25, -0.2) is 0 Å². The van der Waals surface area contributed by atoms with E-state index in [0.717, 1.165) is 0 Å². The zero-order valence-electron chi connectivity index (χ0n) is 8.87. The molecule has 1 unspecified atom stereocenters. The minimum atomic E-state index is 0.193. The average Bonchev–Trinajstić information content (AvgIpc) is 2.16. The van der Waals surface area contributed by atoms with Crippen LogP contribution in [0.4, 0.5) is 0 Å². The lowest BCUT2D eigenvalue weighted by atomic mass is 9.94. The molecule has 0 saturated carbocycles. The first kappa shape index (κ1) is 10.3. The fraction of sp³-hybridized carbons (Fsp3) is 0.500. The molecule has 0 radical (unpaired) electrons. The molecule has 72 valence electrons. The maximum absolute atomic E-state index is 5.33. The SMILES string of the molecule is COC(C)c1ccccc1C(C)C. The lowest BCUT2D eigenvalue weighted by Crippen LogP contribution is -2.02. The van der Waals surface area contributed by atoms with Crippen molar-refractivity contribution in [3.63, 3.8) is 0 Å². The van der Waals surface area contributed by atoms with E-state index in [2.05, 4.69) is 45.0 Å². The molecule has 0 fully saturated rings. The van der Waals surface area contributed by atoms with Crippen LogP contribution >= 0.6 is 0 Å². The highest BCUT2D eigenvalue weighted by atomic mass is 16.5. The van der Waals surface area contributed by atoms with E-state index in [-0.39, 0.29) is 6.10 Å². The Morgan fingerprint density at radius 1 is 1.00 bits per heavy atom.